The number of unbranched alkanes of at least 4 members (excludes halogenated alkanes) is 2. The molecule has 0 saturated carbocycles. The minimum atomic E-state index is 0.518. The number of aromatic nitrogens is 2. The van der Waals surface area contributed by atoms with E-state index in [1.54, 1.807) is 0 Å². The van der Waals surface area contributed by atoms with Crippen molar-refractivity contribution in [1.82, 2.24) is 9.97 Å². The molecular formula is C12H18Cl2N2. The van der Waals surface area contributed by atoms with Crippen molar-refractivity contribution in [3.8, 4) is 0 Å². The van der Waals surface area contributed by atoms with Crippen LogP contribution >= 0.6 is 23.2 Å². The van der Waals surface area contributed by atoms with Gasteiger partial charge < -0.3 is 0 Å². The van der Waals surface area contributed by atoms with Crippen LogP contribution in [0, 0.1) is 0 Å². The molecule has 0 radical (unpaired) electrons. The first-order chi connectivity index (χ1) is 7.69. The molecule has 0 amide bonds. The minimum absolute atomic E-state index is 0.518. The van der Waals surface area contributed by atoms with E-state index in [-0.39, 0.29) is 0 Å². The van der Waals surface area contributed by atoms with Crippen molar-refractivity contribution in [3.63, 3.8) is 0 Å². The third kappa shape index (κ3) is 3.91. The Bertz CT molecular complexity index is 306. The lowest BCUT2D eigenvalue weighted by molar-refractivity contribution is 0.748. The fourth-order valence-corrected chi connectivity index (χ4v) is 1.94. The Morgan fingerprint density at radius 1 is 0.812 bits per heavy atom. The van der Waals surface area contributed by atoms with Gasteiger partial charge in [-0.2, -0.15) is 0 Å². The van der Waals surface area contributed by atoms with Gasteiger partial charge in [-0.1, -0.05) is 49.9 Å². The smallest absolute Gasteiger partial charge is 0.150 e. The maximum Gasteiger partial charge on any atom is 0.150 e. The lowest BCUT2D eigenvalue weighted by Crippen LogP contribution is -2.01. The number of hydrogen-bond acceptors (Lipinski definition) is 2. The molecule has 0 aliphatic heterocycles. The summed E-state index contributed by atoms with van der Waals surface area (Å²) in [6.07, 6.45) is 6.09. The van der Waals surface area contributed by atoms with E-state index < -0.39 is 0 Å². The predicted molar refractivity (Wildman–Crippen MR) is 69.3 cm³/mol. The summed E-state index contributed by atoms with van der Waals surface area (Å²) < 4.78 is 0. The summed E-state index contributed by atoms with van der Waals surface area (Å²) >= 11 is 12.2. The highest BCUT2D eigenvalue weighted by Crippen LogP contribution is 2.20. The van der Waals surface area contributed by atoms with Crippen molar-refractivity contribution in [2.24, 2.45) is 0 Å². The molecule has 90 valence electrons. The van der Waals surface area contributed by atoms with Crippen molar-refractivity contribution < 1.29 is 0 Å². The van der Waals surface area contributed by atoms with Gasteiger partial charge in [0.25, 0.3) is 0 Å². The molecule has 4 heteroatoms. The first-order valence-electron chi connectivity index (χ1n) is 5.89. The predicted octanol–water partition coefficient (Wildman–Crippen LogP) is 4.47. The third-order valence-electron chi connectivity index (χ3n) is 2.48. The Kier molecular flexibility index (Phi) is 6.07. The summed E-state index contributed by atoms with van der Waals surface area (Å²) in [5.41, 5.74) is 1.66. The first kappa shape index (κ1) is 13.7. The molecule has 1 aromatic rings. The topological polar surface area (TPSA) is 25.8 Å². The van der Waals surface area contributed by atoms with Crippen molar-refractivity contribution in [1.29, 1.82) is 0 Å². The maximum atomic E-state index is 6.08. The molecule has 1 heterocycles. The lowest BCUT2D eigenvalue weighted by atomic mass is 10.2. The zero-order valence-electron chi connectivity index (χ0n) is 9.89. The van der Waals surface area contributed by atoms with Crippen molar-refractivity contribution in [2.45, 2.75) is 52.4 Å². The molecule has 0 aliphatic carbocycles. The summed E-state index contributed by atoms with van der Waals surface area (Å²) in [5, 5.41) is 1.04. The minimum Gasteiger partial charge on any atom is -0.236 e. The molecule has 2 nitrogen and oxygen atoms in total. The Morgan fingerprint density at radius 2 is 1.19 bits per heavy atom. The fourth-order valence-electron chi connectivity index (χ4n) is 1.46. The van der Waals surface area contributed by atoms with Gasteiger partial charge in [-0.3, -0.25) is 0 Å². The highest BCUT2D eigenvalue weighted by molar-refractivity contribution is 6.32. The zero-order chi connectivity index (χ0) is 12.0. The molecule has 0 bridgehead atoms. The summed E-state index contributed by atoms with van der Waals surface area (Å²) in [6, 6.07) is 0. The van der Waals surface area contributed by atoms with E-state index in [9.17, 15) is 0 Å². The van der Waals surface area contributed by atoms with Crippen LogP contribution in [0.15, 0.2) is 0 Å². The highest BCUT2D eigenvalue weighted by atomic mass is 35.5. The largest absolute Gasteiger partial charge is 0.236 e. The monoisotopic (exact) mass is 260 g/mol. The van der Waals surface area contributed by atoms with Crippen molar-refractivity contribution in [2.75, 3.05) is 0 Å². The van der Waals surface area contributed by atoms with Gasteiger partial charge in [0.2, 0.25) is 0 Å². The van der Waals surface area contributed by atoms with Crippen molar-refractivity contribution >= 4 is 23.2 Å². The third-order valence-corrected chi connectivity index (χ3v) is 3.08. The van der Waals surface area contributed by atoms with Crippen LogP contribution in [0.2, 0.25) is 10.3 Å². The van der Waals surface area contributed by atoms with E-state index in [0.717, 1.165) is 49.9 Å². The first-order valence-corrected chi connectivity index (χ1v) is 6.65. The molecule has 1 aromatic heterocycles. The summed E-state index contributed by atoms with van der Waals surface area (Å²) in [7, 11) is 0. The Balaban J connectivity index is 2.79. The lowest BCUT2D eigenvalue weighted by Gasteiger charge is -2.07. The molecule has 0 N–H and O–H groups in total. The van der Waals surface area contributed by atoms with Gasteiger partial charge in [0, 0.05) is 0 Å². The van der Waals surface area contributed by atoms with Crippen LogP contribution in [0.5, 0.6) is 0 Å². The number of halogens is 2. The van der Waals surface area contributed by atoms with Crippen LogP contribution in [-0.4, -0.2) is 9.97 Å². The Labute approximate surface area is 107 Å². The van der Waals surface area contributed by atoms with Crippen LogP contribution in [-0.2, 0) is 12.8 Å². The molecular weight excluding hydrogens is 243 g/mol. The Hall–Kier alpha value is -0.340. The molecule has 0 spiro atoms. The van der Waals surface area contributed by atoms with Crippen LogP contribution in [0.4, 0.5) is 0 Å². The van der Waals surface area contributed by atoms with Crippen LogP contribution < -0.4 is 0 Å². The zero-order valence-corrected chi connectivity index (χ0v) is 11.4. The van der Waals surface area contributed by atoms with Gasteiger partial charge in [-0.15, -0.1) is 0 Å². The molecule has 0 fully saturated rings. The van der Waals surface area contributed by atoms with Gasteiger partial charge in [0.1, 0.15) is 0 Å². The van der Waals surface area contributed by atoms with Gasteiger partial charge in [-0.05, 0) is 25.7 Å². The molecule has 0 saturated heterocycles. The number of hydrogen-bond donors (Lipinski definition) is 0. The summed E-state index contributed by atoms with van der Waals surface area (Å²) in [5.74, 6) is 0. The number of nitrogens with zero attached hydrogens (tertiary/aromatic N) is 2. The van der Waals surface area contributed by atoms with Crippen LogP contribution in [0.3, 0.4) is 0 Å². The maximum absolute atomic E-state index is 6.08. The second kappa shape index (κ2) is 7.08. The van der Waals surface area contributed by atoms with Gasteiger partial charge >= 0.3 is 0 Å². The fraction of sp³-hybridized carbons (Fsp3) is 0.667. The van der Waals surface area contributed by atoms with Gasteiger partial charge in [0.15, 0.2) is 10.3 Å². The Morgan fingerprint density at radius 3 is 1.50 bits per heavy atom. The quantitative estimate of drug-likeness (QED) is 0.755. The average Bonchev–Trinajstić information content (AvgIpc) is 2.28. The second-order valence-corrected chi connectivity index (χ2v) is 4.62. The molecule has 0 aromatic carbocycles. The highest BCUT2D eigenvalue weighted by Gasteiger charge is 2.10. The molecule has 0 atom stereocenters. The van der Waals surface area contributed by atoms with E-state index in [4.69, 9.17) is 23.2 Å². The van der Waals surface area contributed by atoms with Gasteiger partial charge in [-0.25, -0.2) is 9.97 Å². The van der Waals surface area contributed by atoms with E-state index in [1.165, 1.54) is 0 Å². The number of rotatable bonds is 6. The van der Waals surface area contributed by atoms with E-state index in [1.807, 2.05) is 0 Å². The van der Waals surface area contributed by atoms with Crippen LogP contribution in [0.1, 0.15) is 50.9 Å². The van der Waals surface area contributed by atoms with Gasteiger partial charge in [0.05, 0.1) is 11.4 Å². The summed E-state index contributed by atoms with van der Waals surface area (Å²) in [4.78, 5) is 8.67. The van der Waals surface area contributed by atoms with Crippen LogP contribution in [0.25, 0.3) is 0 Å². The van der Waals surface area contributed by atoms with E-state index >= 15 is 0 Å². The average molecular weight is 261 g/mol. The SMILES string of the molecule is CCCCc1nc(Cl)c(CCCC)nc1Cl. The standard InChI is InChI=1S/C12H18Cl2N2/c1-3-5-7-9-11(13)16-10(8-6-4-2)12(14)15-9/h3-8H2,1-2H3. The number of aryl methyl sites for hydroxylation is 2. The second-order valence-electron chi connectivity index (χ2n) is 3.91. The van der Waals surface area contributed by atoms with E-state index in [0.29, 0.717) is 10.3 Å². The van der Waals surface area contributed by atoms with E-state index in [2.05, 4.69) is 23.8 Å². The molecule has 16 heavy (non-hydrogen) atoms. The molecule has 1 rings (SSSR count). The molecule has 0 aliphatic rings. The molecule has 0 unspecified atom stereocenters. The summed E-state index contributed by atoms with van der Waals surface area (Å²) in [6.45, 7) is 4.27. The van der Waals surface area contributed by atoms with Crippen molar-refractivity contribution in [3.05, 3.63) is 21.7 Å². The normalized spacial score (nSPS) is 10.8.